The molecule has 1 fully saturated rings. The van der Waals surface area contributed by atoms with Crippen LogP contribution in [0.4, 0.5) is 0 Å². The number of fused-ring (bicyclic) bond motifs is 1. The summed E-state index contributed by atoms with van der Waals surface area (Å²) >= 11 is 0. The van der Waals surface area contributed by atoms with E-state index in [4.69, 9.17) is 0 Å². The standard InChI is InChI=1S/C16H19N3O/c1-12-10-18-16(20)7-9-19(12)11-13-6-8-17-15-5-3-2-4-14(13)15/h2-6,8,12H,7,9-11H2,1H3,(H,18,20). The van der Waals surface area contributed by atoms with Crippen molar-refractivity contribution in [3.05, 3.63) is 42.1 Å². The summed E-state index contributed by atoms with van der Waals surface area (Å²) in [6, 6.07) is 10.6. The lowest BCUT2D eigenvalue weighted by molar-refractivity contribution is -0.120. The third-order valence-electron chi connectivity index (χ3n) is 3.96. The smallest absolute Gasteiger partial charge is 0.221 e. The Labute approximate surface area is 118 Å². The van der Waals surface area contributed by atoms with Crippen LogP contribution in [0.25, 0.3) is 10.9 Å². The number of para-hydroxylation sites is 1. The van der Waals surface area contributed by atoms with Gasteiger partial charge in [-0.3, -0.25) is 14.7 Å². The Balaban J connectivity index is 1.87. The van der Waals surface area contributed by atoms with E-state index >= 15 is 0 Å². The van der Waals surface area contributed by atoms with Crippen molar-refractivity contribution in [2.24, 2.45) is 0 Å². The highest BCUT2D eigenvalue weighted by Gasteiger charge is 2.20. The van der Waals surface area contributed by atoms with Crippen LogP contribution in [0.1, 0.15) is 18.9 Å². The fourth-order valence-electron chi connectivity index (χ4n) is 2.69. The molecule has 0 saturated carbocycles. The lowest BCUT2D eigenvalue weighted by Crippen LogP contribution is -2.37. The van der Waals surface area contributed by atoms with Gasteiger partial charge in [-0.25, -0.2) is 0 Å². The summed E-state index contributed by atoms with van der Waals surface area (Å²) in [4.78, 5) is 18.3. The Bertz CT molecular complexity index is 621. The number of amides is 1. The van der Waals surface area contributed by atoms with Crippen molar-refractivity contribution in [3.63, 3.8) is 0 Å². The number of nitrogens with one attached hydrogen (secondary N) is 1. The van der Waals surface area contributed by atoms with Crippen molar-refractivity contribution in [2.75, 3.05) is 13.1 Å². The Hall–Kier alpha value is -1.94. The van der Waals surface area contributed by atoms with Gasteiger partial charge in [-0.05, 0) is 24.6 Å². The second-order valence-corrected chi connectivity index (χ2v) is 5.36. The molecule has 2 aromatic rings. The molecule has 1 unspecified atom stereocenters. The van der Waals surface area contributed by atoms with E-state index in [9.17, 15) is 4.79 Å². The largest absolute Gasteiger partial charge is 0.355 e. The fraction of sp³-hybridized carbons (Fsp3) is 0.375. The minimum Gasteiger partial charge on any atom is -0.355 e. The van der Waals surface area contributed by atoms with E-state index in [1.807, 2.05) is 24.4 Å². The van der Waals surface area contributed by atoms with Gasteiger partial charge >= 0.3 is 0 Å². The van der Waals surface area contributed by atoms with Crippen LogP contribution in [0.15, 0.2) is 36.5 Å². The average Bonchev–Trinajstić information content (AvgIpc) is 2.63. The summed E-state index contributed by atoms with van der Waals surface area (Å²) in [5.41, 5.74) is 2.30. The molecule has 1 saturated heterocycles. The molecule has 20 heavy (non-hydrogen) atoms. The van der Waals surface area contributed by atoms with E-state index in [2.05, 4.69) is 34.3 Å². The topological polar surface area (TPSA) is 45.2 Å². The number of benzene rings is 1. The molecule has 1 atom stereocenters. The second-order valence-electron chi connectivity index (χ2n) is 5.36. The molecule has 2 heterocycles. The molecule has 3 rings (SSSR count). The fourth-order valence-corrected chi connectivity index (χ4v) is 2.69. The summed E-state index contributed by atoms with van der Waals surface area (Å²) in [6.45, 7) is 4.56. The zero-order valence-electron chi connectivity index (χ0n) is 11.7. The van der Waals surface area contributed by atoms with Gasteiger partial charge in [-0.15, -0.1) is 0 Å². The Kier molecular flexibility index (Phi) is 3.65. The number of aromatic nitrogens is 1. The van der Waals surface area contributed by atoms with Gasteiger partial charge in [-0.2, -0.15) is 0 Å². The molecule has 1 amide bonds. The molecule has 0 aliphatic carbocycles. The Morgan fingerprint density at radius 1 is 1.35 bits per heavy atom. The van der Waals surface area contributed by atoms with Crippen LogP contribution in [-0.4, -0.2) is 34.9 Å². The van der Waals surface area contributed by atoms with Crippen LogP contribution < -0.4 is 5.32 Å². The second kappa shape index (κ2) is 5.59. The van der Waals surface area contributed by atoms with Crippen LogP contribution >= 0.6 is 0 Å². The maximum atomic E-state index is 11.5. The molecule has 104 valence electrons. The SMILES string of the molecule is CC1CNC(=O)CCN1Cc1ccnc2ccccc12. The summed E-state index contributed by atoms with van der Waals surface area (Å²) in [7, 11) is 0. The molecule has 1 aromatic carbocycles. The lowest BCUT2D eigenvalue weighted by Gasteiger charge is -2.26. The van der Waals surface area contributed by atoms with Gasteiger partial charge in [0.05, 0.1) is 5.52 Å². The van der Waals surface area contributed by atoms with Gasteiger partial charge < -0.3 is 5.32 Å². The molecule has 1 N–H and O–H groups in total. The van der Waals surface area contributed by atoms with Gasteiger partial charge in [0.25, 0.3) is 0 Å². The predicted molar refractivity (Wildman–Crippen MR) is 79.2 cm³/mol. The first-order valence-corrected chi connectivity index (χ1v) is 7.07. The van der Waals surface area contributed by atoms with Crippen molar-refractivity contribution in [2.45, 2.75) is 25.9 Å². The van der Waals surface area contributed by atoms with Gasteiger partial charge in [0.2, 0.25) is 5.91 Å². The van der Waals surface area contributed by atoms with Crippen molar-refractivity contribution < 1.29 is 4.79 Å². The number of rotatable bonds is 2. The summed E-state index contributed by atoms with van der Waals surface area (Å²) < 4.78 is 0. The van der Waals surface area contributed by atoms with Crippen LogP contribution in [-0.2, 0) is 11.3 Å². The number of hydrogen-bond donors (Lipinski definition) is 1. The Morgan fingerprint density at radius 2 is 2.20 bits per heavy atom. The monoisotopic (exact) mass is 269 g/mol. The molecule has 1 aliphatic heterocycles. The van der Waals surface area contributed by atoms with Crippen LogP contribution in [0.5, 0.6) is 0 Å². The van der Waals surface area contributed by atoms with Gasteiger partial charge in [0.15, 0.2) is 0 Å². The molecule has 0 radical (unpaired) electrons. The number of carbonyl (C=O) groups is 1. The zero-order chi connectivity index (χ0) is 13.9. The molecule has 0 bridgehead atoms. The maximum absolute atomic E-state index is 11.5. The van der Waals surface area contributed by atoms with E-state index in [1.54, 1.807) is 0 Å². The minimum atomic E-state index is 0.152. The highest BCUT2D eigenvalue weighted by atomic mass is 16.1. The first-order valence-electron chi connectivity index (χ1n) is 7.07. The Morgan fingerprint density at radius 3 is 3.10 bits per heavy atom. The number of nitrogens with zero attached hydrogens (tertiary/aromatic N) is 2. The minimum absolute atomic E-state index is 0.152. The van der Waals surface area contributed by atoms with E-state index in [1.165, 1.54) is 10.9 Å². The predicted octanol–water partition coefficient (Wildman–Crippen LogP) is 1.95. The van der Waals surface area contributed by atoms with Crippen LogP contribution in [0, 0.1) is 0 Å². The van der Waals surface area contributed by atoms with Crippen molar-refractivity contribution >= 4 is 16.8 Å². The number of carbonyl (C=O) groups excluding carboxylic acids is 1. The van der Waals surface area contributed by atoms with Gasteiger partial charge in [-0.1, -0.05) is 18.2 Å². The van der Waals surface area contributed by atoms with E-state index < -0.39 is 0 Å². The van der Waals surface area contributed by atoms with Gasteiger partial charge in [0, 0.05) is 43.7 Å². The molecule has 0 spiro atoms. The van der Waals surface area contributed by atoms with Crippen LogP contribution in [0.3, 0.4) is 0 Å². The number of hydrogen-bond acceptors (Lipinski definition) is 3. The molecule has 4 heteroatoms. The van der Waals surface area contributed by atoms with E-state index in [0.717, 1.165) is 25.2 Å². The highest BCUT2D eigenvalue weighted by Crippen LogP contribution is 2.19. The van der Waals surface area contributed by atoms with Crippen molar-refractivity contribution in [1.29, 1.82) is 0 Å². The average molecular weight is 269 g/mol. The first kappa shape index (κ1) is 13.1. The summed E-state index contributed by atoms with van der Waals surface area (Å²) in [5.74, 6) is 0.152. The van der Waals surface area contributed by atoms with E-state index in [-0.39, 0.29) is 5.91 Å². The lowest BCUT2D eigenvalue weighted by atomic mass is 10.1. The normalized spacial score (nSPS) is 20.6. The number of pyridine rings is 1. The van der Waals surface area contributed by atoms with Crippen molar-refractivity contribution in [1.82, 2.24) is 15.2 Å². The molecular formula is C16H19N3O. The molecule has 4 nitrogen and oxygen atoms in total. The molecule has 1 aliphatic rings. The highest BCUT2D eigenvalue weighted by molar-refractivity contribution is 5.81. The van der Waals surface area contributed by atoms with Crippen molar-refractivity contribution in [3.8, 4) is 0 Å². The third-order valence-corrected chi connectivity index (χ3v) is 3.96. The third kappa shape index (κ3) is 2.65. The summed E-state index contributed by atoms with van der Waals surface area (Å²) in [5, 5.41) is 4.15. The van der Waals surface area contributed by atoms with Crippen LogP contribution in [0.2, 0.25) is 0 Å². The molecular weight excluding hydrogens is 250 g/mol. The maximum Gasteiger partial charge on any atom is 0.221 e. The zero-order valence-corrected chi connectivity index (χ0v) is 11.7. The van der Waals surface area contributed by atoms with Gasteiger partial charge in [0.1, 0.15) is 0 Å². The van der Waals surface area contributed by atoms with E-state index in [0.29, 0.717) is 12.5 Å². The quantitative estimate of drug-likeness (QED) is 0.906. The summed E-state index contributed by atoms with van der Waals surface area (Å²) in [6.07, 6.45) is 2.44. The molecule has 1 aromatic heterocycles. The first-order chi connectivity index (χ1) is 9.74.